The summed E-state index contributed by atoms with van der Waals surface area (Å²) in [6.07, 6.45) is 7.70. The van der Waals surface area contributed by atoms with E-state index in [2.05, 4.69) is 19.9 Å². The minimum absolute atomic E-state index is 0.00157. The molecule has 0 spiro atoms. The number of hydrogen-bond acceptors (Lipinski definition) is 6. The molecular formula is C27H27N5O2. The SMILES string of the molecule is CNc1nccn2c(C3CCC(CN=O)CC3)nc(-c3ccc(C(=O)c4ccccc4)cc3)c12. The molecule has 5 rings (SSSR count). The van der Waals surface area contributed by atoms with Gasteiger partial charge in [0, 0.05) is 42.0 Å². The van der Waals surface area contributed by atoms with Crippen molar-refractivity contribution in [2.45, 2.75) is 31.6 Å². The molecule has 2 heterocycles. The Morgan fingerprint density at radius 1 is 1.03 bits per heavy atom. The Labute approximate surface area is 198 Å². The zero-order valence-electron chi connectivity index (χ0n) is 19.1. The number of carbonyl (C=O) groups excluding carboxylic acids is 1. The van der Waals surface area contributed by atoms with E-state index in [4.69, 9.17) is 4.98 Å². The number of carbonyl (C=O) groups is 1. The maximum Gasteiger partial charge on any atom is 0.193 e. The highest BCUT2D eigenvalue weighted by Gasteiger charge is 2.28. The lowest BCUT2D eigenvalue weighted by Gasteiger charge is -2.26. The average Bonchev–Trinajstić information content (AvgIpc) is 3.29. The summed E-state index contributed by atoms with van der Waals surface area (Å²) >= 11 is 0. The van der Waals surface area contributed by atoms with Crippen molar-refractivity contribution in [2.24, 2.45) is 11.1 Å². The Kier molecular flexibility index (Phi) is 6.16. The lowest BCUT2D eigenvalue weighted by Crippen LogP contribution is -2.17. The van der Waals surface area contributed by atoms with Crippen molar-refractivity contribution >= 4 is 17.1 Å². The van der Waals surface area contributed by atoms with Gasteiger partial charge in [-0.05, 0) is 31.6 Å². The molecule has 7 nitrogen and oxygen atoms in total. The van der Waals surface area contributed by atoms with E-state index in [0.29, 0.717) is 29.5 Å². The van der Waals surface area contributed by atoms with Gasteiger partial charge in [-0.3, -0.25) is 9.20 Å². The molecule has 7 heteroatoms. The average molecular weight is 454 g/mol. The van der Waals surface area contributed by atoms with Crippen LogP contribution in [0.1, 0.15) is 53.3 Å². The summed E-state index contributed by atoms with van der Waals surface area (Å²) in [6.45, 7) is 0.405. The lowest BCUT2D eigenvalue weighted by molar-refractivity contribution is 0.103. The molecule has 1 aliphatic rings. The summed E-state index contributed by atoms with van der Waals surface area (Å²) in [5.41, 5.74) is 4.04. The molecule has 0 bridgehead atoms. The standard InChI is InChI=1S/C27H27N5O2/c1-28-26-24-23(19-11-13-21(14-12-19)25(33)20-5-3-2-4-6-20)31-27(32(24)16-15-29-26)22-9-7-18(8-10-22)17-30-34/h2-6,11-16,18,22H,7-10,17H2,1H3,(H,28,29). The zero-order chi connectivity index (χ0) is 23.5. The second-order valence-corrected chi connectivity index (χ2v) is 8.86. The Morgan fingerprint density at radius 3 is 2.41 bits per heavy atom. The quantitative estimate of drug-likeness (QED) is 0.286. The van der Waals surface area contributed by atoms with Gasteiger partial charge >= 0.3 is 0 Å². The van der Waals surface area contributed by atoms with Crippen molar-refractivity contribution < 1.29 is 4.79 Å². The molecule has 0 unspecified atom stereocenters. The van der Waals surface area contributed by atoms with Gasteiger partial charge in [-0.15, -0.1) is 0 Å². The maximum atomic E-state index is 12.8. The topological polar surface area (TPSA) is 88.7 Å². The second kappa shape index (κ2) is 9.55. The Hall–Kier alpha value is -3.87. The number of nitroso groups, excluding NO2 is 1. The van der Waals surface area contributed by atoms with E-state index in [1.54, 1.807) is 6.20 Å². The van der Waals surface area contributed by atoms with Crippen LogP contribution < -0.4 is 5.32 Å². The number of nitrogens with one attached hydrogen (secondary N) is 1. The molecule has 1 aliphatic carbocycles. The highest BCUT2D eigenvalue weighted by molar-refractivity contribution is 6.09. The predicted molar refractivity (Wildman–Crippen MR) is 133 cm³/mol. The van der Waals surface area contributed by atoms with Crippen LogP contribution in [-0.4, -0.2) is 33.7 Å². The molecular weight excluding hydrogens is 426 g/mol. The Morgan fingerprint density at radius 2 is 1.74 bits per heavy atom. The van der Waals surface area contributed by atoms with Gasteiger partial charge < -0.3 is 5.32 Å². The number of fused-ring (bicyclic) bond motifs is 1. The van der Waals surface area contributed by atoms with Crippen molar-refractivity contribution in [1.82, 2.24) is 14.4 Å². The van der Waals surface area contributed by atoms with Crippen molar-refractivity contribution in [2.75, 3.05) is 18.9 Å². The number of nitrogens with zero attached hydrogens (tertiary/aromatic N) is 4. The van der Waals surface area contributed by atoms with Crippen LogP contribution in [0.5, 0.6) is 0 Å². The summed E-state index contributed by atoms with van der Waals surface area (Å²) in [7, 11) is 1.86. The normalized spacial score (nSPS) is 18.0. The Bertz CT molecular complexity index is 1310. The van der Waals surface area contributed by atoms with Gasteiger partial charge in [-0.2, -0.15) is 4.91 Å². The summed E-state index contributed by atoms with van der Waals surface area (Å²) < 4.78 is 2.14. The van der Waals surface area contributed by atoms with Gasteiger partial charge in [0.05, 0.1) is 6.54 Å². The molecule has 2 aromatic heterocycles. The van der Waals surface area contributed by atoms with Gasteiger partial charge in [-0.25, -0.2) is 9.97 Å². The van der Waals surface area contributed by atoms with Gasteiger partial charge in [0.1, 0.15) is 17.0 Å². The molecule has 1 saturated carbocycles. The van der Waals surface area contributed by atoms with E-state index in [9.17, 15) is 9.70 Å². The van der Waals surface area contributed by atoms with Crippen LogP contribution in [0.4, 0.5) is 5.82 Å². The van der Waals surface area contributed by atoms with E-state index in [-0.39, 0.29) is 5.78 Å². The number of benzene rings is 2. The van der Waals surface area contributed by atoms with Crippen LogP contribution in [0, 0.1) is 10.8 Å². The predicted octanol–water partition coefficient (Wildman–Crippen LogP) is 5.71. The number of ketones is 1. The molecule has 0 atom stereocenters. The van der Waals surface area contributed by atoms with Crippen LogP contribution in [0.2, 0.25) is 0 Å². The fourth-order valence-corrected chi connectivity index (χ4v) is 4.98. The van der Waals surface area contributed by atoms with Crippen LogP contribution in [0.3, 0.4) is 0 Å². The summed E-state index contributed by atoms with van der Waals surface area (Å²) in [4.78, 5) is 33.1. The molecule has 0 radical (unpaired) electrons. The van der Waals surface area contributed by atoms with E-state index < -0.39 is 0 Å². The molecule has 0 aliphatic heterocycles. The van der Waals surface area contributed by atoms with Crippen LogP contribution in [0.15, 0.2) is 72.2 Å². The van der Waals surface area contributed by atoms with Gasteiger partial charge in [0.2, 0.25) is 0 Å². The number of anilines is 1. The van der Waals surface area contributed by atoms with Gasteiger partial charge in [-0.1, -0.05) is 59.8 Å². The highest BCUT2D eigenvalue weighted by atomic mass is 16.3. The molecule has 0 saturated heterocycles. The van der Waals surface area contributed by atoms with Crippen molar-refractivity contribution in [3.8, 4) is 11.3 Å². The smallest absolute Gasteiger partial charge is 0.193 e. The molecule has 2 aromatic carbocycles. The third-order valence-electron chi connectivity index (χ3n) is 6.82. The molecule has 1 N–H and O–H groups in total. The first-order chi connectivity index (χ1) is 16.7. The van der Waals surface area contributed by atoms with Crippen LogP contribution >= 0.6 is 0 Å². The third kappa shape index (κ3) is 4.09. The third-order valence-corrected chi connectivity index (χ3v) is 6.82. The first kappa shape index (κ1) is 21.9. The van der Waals surface area contributed by atoms with Crippen molar-refractivity contribution in [3.05, 3.63) is 88.8 Å². The molecule has 1 fully saturated rings. The van der Waals surface area contributed by atoms with Crippen LogP contribution in [-0.2, 0) is 0 Å². The molecule has 0 amide bonds. The summed E-state index contributed by atoms with van der Waals surface area (Å²) in [5.74, 6) is 2.48. The first-order valence-corrected chi connectivity index (χ1v) is 11.7. The number of hydrogen-bond donors (Lipinski definition) is 1. The highest BCUT2D eigenvalue weighted by Crippen LogP contribution is 2.39. The monoisotopic (exact) mass is 453 g/mol. The Balaban J connectivity index is 1.51. The molecule has 34 heavy (non-hydrogen) atoms. The zero-order valence-corrected chi connectivity index (χ0v) is 19.1. The van der Waals surface area contributed by atoms with Gasteiger partial charge in [0.15, 0.2) is 11.6 Å². The van der Waals surface area contributed by atoms with Gasteiger partial charge in [0.25, 0.3) is 0 Å². The summed E-state index contributed by atoms with van der Waals surface area (Å²) in [6, 6.07) is 17.0. The fraction of sp³-hybridized carbons (Fsp3) is 0.296. The minimum Gasteiger partial charge on any atom is -0.371 e. The summed E-state index contributed by atoms with van der Waals surface area (Å²) in [5, 5.41) is 6.30. The first-order valence-electron chi connectivity index (χ1n) is 11.7. The van der Waals surface area contributed by atoms with Crippen molar-refractivity contribution in [3.63, 3.8) is 0 Å². The molecule has 4 aromatic rings. The largest absolute Gasteiger partial charge is 0.371 e. The second-order valence-electron chi connectivity index (χ2n) is 8.86. The van der Waals surface area contributed by atoms with E-state index >= 15 is 0 Å². The van der Waals surface area contributed by atoms with Crippen molar-refractivity contribution in [1.29, 1.82) is 0 Å². The van der Waals surface area contributed by atoms with E-state index in [1.165, 1.54) is 0 Å². The lowest BCUT2D eigenvalue weighted by atomic mass is 9.81. The number of rotatable bonds is 7. The maximum absolute atomic E-state index is 12.8. The molecule has 172 valence electrons. The van der Waals surface area contributed by atoms with E-state index in [1.807, 2.05) is 67.8 Å². The van der Waals surface area contributed by atoms with Crippen LogP contribution in [0.25, 0.3) is 16.8 Å². The minimum atomic E-state index is 0.00157. The fourth-order valence-electron chi connectivity index (χ4n) is 4.98. The van der Waals surface area contributed by atoms with E-state index in [0.717, 1.165) is 54.1 Å². The number of aromatic nitrogens is 3. The number of imidazole rings is 1.